The number of rotatable bonds is 8. The molecule has 0 saturated carbocycles. The van der Waals surface area contributed by atoms with Gasteiger partial charge in [-0.25, -0.2) is 12.8 Å². The van der Waals surface area contributed by atoms with E-state index < -0.39 is 21.7 Å². The summed E-state index contributed by atoms with van der Waals surface area (Å²) in [6.07, 6.45) is 1.06. The minimum Gasteiger partial charge on any atom is -0.325 e. The number of hydrogen-bond donors (Lipinski definition) is 1. The van der Waals surface area contributed by atoms with Gasteiger partial charge in [0.05, 0.1) is 12.3 Å². The highest BCUT2D eigenvalue weighted by Gasteiger charge is 2.20. The highest BCUT2D eigenvalue weighted by atomic mass is 35.5. The topological polar surface area (TPSA) is 66.5 Å². The number of halogens is 2. The van der Waals surface area contributed by atoms with E-state index in [9.17, 15) is 17.6 Å². The summed E-state index contributed by atoms with van der Waals surface area (Å²) < 4.78 is 37.5. The Bertz CT molecular complexity index is 563. The number of nitrogens with zero attached hydrogens (tertiary/aromatic N) is 1. The van der Waals surface area contributed by atoms with Gasteiger partial charge in [0, 0.05) is 18.6 Å². The molecule has 1 aromatic rings. The summed E-state index contributed by atoms with van der Waals surface area (Å²) in [5.41, 5.74) is 0.411. The molecule has 0 unspecified atom stereocenters. The van der Waals surface area contributed by atoms with Gasteiger partial charge in [0.2, 0.25) is 15.9 Å². The van der Waals surface area contributed by atoms with Crippen molar-refractivity contribution in [3.05, 3.63) is 30.1 Å². The van der Waals surface area contributed by atoms with E-state index in [1.807, 2.05) is 0 Å². The first-order valence-corrected chi connectivity index (χ1v) is 8.55. The van der Waals surface area contributed by atoms with Crippen LogP contribution in [0, 0.1) is 5.82 Å². The van der Waals surface area contributed by atoms with Crippen LogP contribution in [-0.4, -0.2) is 43.9 Å². The number of nitrogens with one attached hydrogen (secondary N) is 1. The first-order chi connectivity index (χ1) is 9.85. The molecular formula is C13H18ClFN2O3S. The molecule has 0 aromatic heterocycles. The van der Waals surface area contributed by atoms with Gasteiger partial charge in [-0.05, 0) is 37.1 Å². The first kappa shape index (κ1) is 17.9. The minimum absolute atomic E-state index is 0.0416. The molecule has 0 saturated heterocycles. The second-order valence-corrected chi connectivity index (χ2v) is 7.10. The first-order valence-electron chi connectivity index (χ1n) is 6.40. The summed E-state index contributed by atoms with van der Waals surface area (Å²) in [4.78, 5) is 11.8. The van der Waals surface area contributed by atoms with Gasteiger partial charge < -0.3 is 5.32 Å². The van der Waals surface area contributed by atoms with Crippen LogP contribution < -0.4 is 5.32 Å². The predicted molar refractivity (Wildman–Crippen MR) is 81.4 cm³/mol. The molecule has 8 heteroatoms. The molecule has 1 N–H and O–H groups in total. The summed E-state index contributed by atoms with van der Waals surface area (Å²) in [5, 5.41) is 2.51. The Kier molecular flexibility index (Phi) is 7.07. The lowest BCUT2D eigenvalue weighted by Crippen LogP contribution is -2.36. The fourth-order valence-corrected chi connectivity index (χ4v) is 2.95. The number of carbonyl (C=O) groups excluding carboxylic acids is 1. The molecule has 0 fully saturated rings. The molecule has 1 aromatic carbocycles. The zero-order chi connectivity index (χ0) is 15.9. The van der Waals surface area contributed by atoms with E-state index >= 15 is 0 Å². The smallest absolute Gasteiger partial charge is 0.239 e. The standard InChI is InChI=1S/C13H18ClFN2O3S/c1-17(21(19,20)9-3-2-8-14)10-13(18)16-12-6-4-11(15)5-7-12/h4-7H,2-3,8-10H2,1H3,(H,16,18). The van der Waals surface area contributed by atoms with Crippen molar-refractivity contribution in [2.24, 2.45) is 0 Å². The van der Waals surface area contributed by atoms with Crippen LogP contribution in [0.4, 0.5) is 10.1 Å². The van der Waals surface area contributed by atoms with Crippen LogP contribution in [0.25, 0.3) is 0 Å². The zero-order valence-corrected chi connectivity index (χ0v) is 13.3. The maximum absolute atomic E-state index is 12.7. The van der Waals surface area contributed by atoms with Crippen molar-refractivity contribution in [1.82, 2.24) is 4.31 Å². The molecule has 0 atom stereocenters. The number of benzene rings is 1. The third kappa shape index (κ3) is 6.41. The highest BCUT2D eigenvalue weighted by molar-refractivity contribution is 7.89. The Morgan fingerprint density at radius 3 is 2.48 bits per heavy atom. The van der Waals surface area contributed by atoms with Gasteiger partial charge >= 0.3 is 0 Å². The second kappa shape index (κ2) is 8.31. The molecule has 0 bridgehead atoms. The number of carbonyl (C=O) groups is 1. The maximum atomic E-state index is 12.7. The van der Waals surface area contributed by atoms with E-state index in [2.05, 4.69) is 5.32 Å². The van der Waals surface area contributed by atoms with Gasteiger partial charge in [0.15, 0.2) is 0 Å². The van der Waals surface area contributed by atoms with E-state index in [0.717, 1.165) is 4.31 Å². The average molecular weight is 337 g/mol. The van der Waals surface area contributed by atoms with E-state index in [4.69, 9.17) is 11.6 Å². The van der Waals surface area contributed by atoms with Crippen molar-refractivity contribution in [2.75, 3.05) is 30.5 Å². The molecule has 0 aliphatic carbocycles. The monoisotopic (exact) mass is 336 g/mol. The number of likely N-dealkylation sites (N-methyl/N-ethyl adjacent to an activating group) is 1. The molecule has 0 aliphatic rings. The number of amides is 1. The summed E-state index contributed by atoms with van der Waals surface area (Å²) in [7, 11) is -2.13. The van der Waals surface area contributed by atoms with Crippen molar-refractivity contribution >= 4 is 33.2 Å². The third-order valence-electron chi connectivity index (χ3n) is 2.76. The molecular weight excluding hydrogens is 319 g/mol. The number of alkyl halides is 1. The summed E-state index contributed by atoms with van der Waals surface area (Å²) in [5.74, 6) is -0.526. The number of sulfonamides is 1. The Balaban J connectivity index is 2.51. The van der Waals surface area contributed by atoms with Crippen LogP contribution in [-0.2, 0) is 14.8 Å². The van der Waals surface area contributed by atoms with Crippen molar-refractivity contribution in [2.45, 2.75) is 12.8 Å². The van der Waals surface area contributed by atoms with Crippen LogP contribution in [0.2, 0.25) is 0 Å². The largest absolute Gasteiger partial charge is 0.325 e. The molecule has 118 valence electrons. The Morgan fingerprint density at radius 1 is 1.29 bits per heavy atom. The molecule has 1 rings (SSSR count). The van der Waals surface area contributed by atoms with Crippen LogP contribution in [0.5, 0.6) is 0 Å². The summed E-state index contributed by atoms with van der Waals surface area (Å²) in [6, 6.07) is 5.23. The van der Waals surface area contributed by atoms with Gasteiger partial charge in [0.25, 0.3) is 0 Å². The van der Waals surface area contributed by atoms with E-state index in [1.54, 1.807) is 0 Å². The SMILES string of the molecule is CN(CC(=O)Nc1ccc(F)cc1)S(=O)(=O)CCCCCl. The van der Waals surface area contributed by atoms with Crippen molar-refractivity contribution in [3.63, 3.8) is 0 Å². The number of anilines is 1. The van der Waals surface area contributed by atoms with Crippen LogP contribution in [0.15, 0.2) is 24.3 Å². The Morgan fingerprint density at radius 2 is 1.90 bits per heavy atom. The van der Waals surface area contributed by atoms with Crippen LogP contribution in [0.1, 0.15) is 12.8 Å². The fourth-order valence-electron chi connectivity index (χ4n) is 1.57. The fraction of sp³-hybridized carbons (Fsp3) is 0.462. The molecule has 1 amide bonds. The summed E-state index contributed by atoms with van der Waals surface area (Å²) >= 11 is 5.50. The van der Waals surface area contributed by atoms with Gasteiger partial charge in [-0.3, -0.25) is 4.79 Å². The predicted octanol–water partition coefficient (Wildman–Crippen LogP) is 2.04. The van der Waals surface area contributed by atoms with Gasteiger partial charge in [-0.1, -0.05) is 0 Å². The second-order valence-electron chi connectivity index (χ2n) is 4.52. The maximum Gasteiger partial charge on any atom is 0.239 e. The third-order valence-corrected chi connectivity index (χ3v) is 4.91. The van der Waals surface area contributed by atoms with E-state index in [1.165, 1.54) is 31.3 Å². The quantitative estimate of drug-likeness (QED) is 0.583. The molecule has 21 heavy (non-hydrogen) atoms. The van der Waals surface area contributed by atoms with E-state index in [-0.39, 0.29) is 12.3 Å². The van der Waals surface area contributed by atoms with Gasteiger partial charge in [-0.2, -0.15) is 4.31 Å². The van der Waals surface area contributed by atoms with Crippen LogP contribution >= 0.6 is 11.6 Å². The van der Waals surface area contributed by atoms with Gasteiger partial charge in [0.1, 0.15) is 5.82 Å². The Hall–Kier alpha value is -1.18. The number of hydrogen-bond acceptors (Lipinski definition) is 3. The van der Waals surface area contributed by atoms with Crippen molar-refractivity contribution < 1.29 is 17.6 Å². The molecule has 0 radical (unpaired) electrons. The van der Waals surface area contributed by atoms with Gasteiger partial charge in [-0.15, -0.1) is 11.6 Å². The van der Waals surface area contributed by atoms with Crippen molar-refractivity contribution in [1.29, 1.82) is 0 Å². The molecule has 5 nitrogen and oxygen atoms in total. The van der Waals surface area contributed by atoms with E-state index in [0.29, 0.717) is 24.4 Å². The number of unbranched alkanes of at least 4 members (excludes halogenated alkanes) is 1. The average Bonchev–Trinajstić information content (AvgIpc) is 2.41. The molecule has 0 aliphatic heterocycles. The molecule has 0 spiro atoms. The highest BCUT2D eigenvalue weighted by Crippen LogP contribution is 2.09. The lowest BCUT2D eigenvalue weighted by atomic mass is 10.3. The lowest BCUT2D eigenvalue weighted by molar-refractivity contribution is -0.116. The normalized spacial score (nSPS) is 11.6. The summed E-state index contributed by atoms with van der Waals surface area (Å²) in [6.45, 7) is -0.291. The zero-order valence-electron chi connectivity index (χ0n) is 11.7. The minimum atomic E-state index is -3.47. The Labute approximate surface area is 129 Å². The van der Waals surface area contributed by atoms with Crippen LogP contribution in [0.3, 0.4) is 0 Å². The molecule has 0 heterocycles. The van der Waals surface area contributed by atoms with Crippen molar-refractivity contribution in [3.8, 4) is 0 Å². The lowest BCUT2D eigenvalue weighted by Gasteiger charge is -2.16.